The summed E-state index contributed by atoms with van der Waals surface area (Å²) in [6, 6.07) is 11.9. The maximum Gasteiger partial charge on any atom is 0.131 e. The van der Waals surface area contributed by atoms with Gasteiger partial charge in [0.05, 0.1) is 0 Å². The number of benzene rings is 2. The zero-order valence-electron chi connectivity index (χ0n) is 8.38. The van der Waals surface area contributed by atoms with Gasteiger partial charge in [0, 0.05) is 16.5 Å². The van der Waals surface area contributed by atoms with Gasteiger partial charge in [-0.15, -0.1) is 11.6 Å². The summed E-state index contributed by atoms with van der Waals surface area (Å²) < 4.78 is 13.6. The van der Waals surface area contributed by atoms with Gasteiger partial charge in [-0.3, -0.25) is 0 Å². The van der Waals surface area contributed by atoms with Crippen molar-refractivity contribution in [3.63, 3.8) is 0 Å². The van der Waals surface area contributed by atoms with Crippen molar-refractivity contribution in [2.75, 3.05) is 0 Å². The lowest BCUT2D eigenvalue weighted by atomic mass is 10.0. The fourth-order valence-corrected chi connectivity index (χ4v) is 1.80. The summed E-state index contributed by atoms with van der Waals surface area (Å²) in [5.74, 6) is 0.122. The monoisotopic (exact) mass is 254 g/mol. The standard InChI is InChI=1S/C13H9Cl2F/c14-8-9-1-6-13(16)12(7-9)10-2-4-11(15)5-3-10/h1-7H,8H2. The first-order chi connectivity index (χ1) is 7.70. The van der Waals surface area contributed by atoms with E-state index in [0.717, 1.165) is 11.1 Å². The van der Waals surface area contributed by atoms with Gasteiger partial charge in [-0.05, 0) is 35.4 Å². The first-order valence-electron chi connectivity index (χ1n) is 4.81. The van der Waals surface area contributed by atoms with Crippen molar-refractivity contribution < 1.29 is 4.39 Å². The average Bonchev–Trinajstić information content (AvgIpc) is 2.31. The van der Waals surface area contributed by atoms with E-state index in [1.165, 1.54) is 6.07 Å². The Morgan fingerprint density at radius 1 is 1.00 bits per heavy atom. The van der Waals surface area contributed by atoms with E-state index in [1.54, 1.807) is 36.4 Å². The second-order valence-electron chi connectivity index (χ2n) is 3.45. The lowest BCUT2D eigenvalue weighted by Crippen LogP contribution is -1.87. The summed E-state index contributed by atoms with van der Waals surface area (Å²) in [6.07, 6.45) is 0. The van der Waals surface area contributed by atoms with Gasteiger partial charge in [0.15, 0.2) is 0 Å². The smallest absolute Gasteiger partial charge is 0.131 e. The van der Waals surface area contributed by atoms with Crippen LogP contribution in [-0.4, -0.2) is 0 Å². The first kappa shape index (κ1) is 11.4. The third-order valence-electron chi connectivity index (χ3n) is 2.34. The molecule has 0 bridgehead atoms. The fourth-order valence-electron chi connectivity index (χ4n) is 1.51. The molecular weight excluding hydrogens is 246 g/mol. The van der Waals surface area contributed by atoms with Gasteiger partial charge in [-0.1, -0.05) is 29.8 Å². The van der Waals surface area contributed by atoms with Crippen molar-refractivity contribution in [2.45, 2.75) is 5.88 Å². The number of hydrogen-bond donors (Lipinski definition) is 0. The topological polar surface area (TPSA) is 0 Å². The summed E-state index contributed by atoms with van der Waals surface area (Å²) in [5.41, 5.74) is 2.25. The Morgan fingerprint density at radius 2 is 1.69 bits per heavy atom. The Kier molecular flexibility index (Phi) is 3.47. The molecule has 0 nitrogen and oxygen atoms in total. The zero-order valence-corrected chi connectivity index (χ0v) is 9.89. The van der Waals surface area contributed by atoms with Gasteiger partial charge in [-0.25, -0.2) is 4.39 Å². The van der Waals surface area contributed by atoms with Crippen LogP contribution in [-0.2, 0) is 5.88 Å². The van der Waals surface area contributed by atoms with Crippen molar-refractivity contribution in [3.05, 3.63) is 58.9 Å². The highest BCUT2D eigenvalue weighted by molar-refractivity contribution is 6.30. The van der Waals surface area contributed by atoms with Crippen molar-refractivity contribution in [1.82, 2.24) is 0 Å². The van der Waals surface area contributed by atoms with Crippen LogP contribution in [0.25, 0.3) is 11.1 Å². The van der Waals surface area contributed by atoms with Gasteiger partial charge in [0.1, 0.15) is 5.82 Å². The van der Waals surface area contributed by atoms with Gasteiger partial charge >= 0.3 is 0 Å². The normalized spacial score (nSPS) is 10.4. The van der Waals surface area contributed by atoms with Crippen LogP contribution in [0.2, 0.25) is 5.02 Å². The zero-order chi connectivity index (χ0) is 11.5. The largest absolute Gasteiger partial charge is 0.206 e. The third kappa shape index (κ3) is 2.37. The molecule has 0 saturated heterocycles. The Balaban J connectivity index is 2.50. The molecule has 0 spiro atoms. The quantitative estimate of drug-likeness (QED) is 0.670. The van der Waals surface area contributed by atoms with E-state index in [1.807, 2.05) is 0 Å². The molecule has 2 rings (SSSR count). The number of halogens is 3. The molecule has 82 valence electrons. The van der Waals surface area contributed by atoms with E-state index >= 15 is 0 Å². The molecule has 3 heteroatoms. The molecule has 0 atom stereocenters. The molecule has 0 aromatic heterocycles. The molecule has 2 aromatic rings. The van der Waals surface area contributed by atoms with Crippen molar-refractivity contribution in [1.29, 1.82) is 0 Å². The van der Waals surface area contributed by atoms with Gasteiger partial charge in [0.25, 0.3) is 0 Å². The van der Waals surface area contributed by atoms with Crippen LogP contribution in [0.1, 0.15) is 5.56 Å². The van der Waals surface area contributed by atoms with Crippen molar-refractivity contribution >= 4 is 23.2 Å². The fraction of sp³-hybridized carbons (Fsp3) is 0.0769. The summed E-state index contributed by atoms with van der Waals surface area (Å²) in [6.45, 7) is 0. The van der Waals surface area contributed by atoms with Crippen LogP contribution < -0.4 is 0 Å². The highest BCUT2D eigenvalue weighted by Crippen LogP contribution is 2.25. The van der Waals surface area contributed by atoms with Crippen LogP contribution in [0.3, 0.4) is 0 Å². The lowest BCUT2D eigenvalue weighted by Gasteiger charge is -2.05. The van der Waals surface area contributed by atoms with E-state index in [4.69, 9.17) is 23.2 Å². The minimum atomic E-state index is -0.254. The molecule has 0 fully saturated rings. The summed E-state index contributed by atoms with van der Waals surface area (Å²) in [4.78, 5) is 0. The number of rotatable bonds is 2. The Bertz CT molecular complexity index is 492. The number of alkyl halides is 1. The molecule has 16 heavy (non-hydrogen) atoms. The van der Waals surface area contributed by atoms with E-state index < -0.39 is 0 Å². The van der Waals surface area contributed by atoms with E-state index in [2.05, 4.69) is 0 Å². The molecule has 0 N–H and O–H groups in total. The molecule has 0 aliphatic carbocycles. The molecular formula is C13H9Cl2F. The predicted octanol–water partition coefficient (Wildman–Crippen LogP) is 4.88. The van der Waals surface area contributed by atoms with Crippen LogP contribution in [0.5, 0.6) is 0 Å². The van der Waals surface area contributed by atoms with Crippen molar-refractivity contribution in [3.8, 4) is 11.1 Å². The van der Waals surface area contributed by atoms with E-state index in [-0.39, 0.29) is 5.82 Å². The van der Waals surface area contributed by atoms with Gasteiger partial charge in [0.2, 0.25) is 0 Å². The molecule has 0 aliphatic rings. The SMILES string of the molecule is Fc1ccc(CCl)cc1-c1ccc(Cl)cc1. The second kappa shape index (κ2) is 4.86. The minimum absolute atomic E-state index is 0.254. The predicted molar refractivity (Wildman–Crippen MR) is 66.4 cm³/mol. The van der Waals surface area contributed by atoms with Crippen LogP contribution in [0, 0.1) is 5.82 Å². The number of hydrogen-bond acceptors (Lipinski definition) is 0. The molecule has 0 amide bonds. The van der Waals surface area contributed by atoms with Gasteiger partial charge < -0.3 is 0 Å². The van der Waals surface area contributed by atoms with E-state index in [9.17, 15) is 4.39 Å². The molecule has 0 radical (unpaired) electrons. The second-order valence-corrected chi connectivity index (χ2v) is 4.16. The Labute approximate surface area is 104 Å². The first-order valence-corrected chi connectivity index (χ1v) is 5.72. The van der Waals surface area contributed by atoms with Crippen LogP contribution >= 0.6 is 23.2 Å². The highest BCUT2D eigenvalue weighted by atomic mass is 35.5. The van der Waals surface area contributed by atoms with Gasteiger partial charge in [-0.2, -0.15) is 0 Å². The average molecular weight is 255 g/mol. The summed E-state index contributed by atoms with van der Waals surface area (Å²) in [7, 11) is 0. The molecule has 0 heterocycles. The minimum Gasteiger partial charge on any atom is -0.206 e. The summed E-state index contributed by atoms with van der Waals surface area (Å²) in [5, 5.41) is 0.637. The molecule has 2 aromatic carbocycles. The maximum absolute atomic E-state index is 13.6. The lowest BCUT2D eigenvalue weighted by molar-refractivity contribution is 0.631. The summed E-state index contributed by atoms with van der Waals surface area (Å²) >= 11 is 11.5. The Morgan fingerprint density at radius 3 is 2.31 bits per heavy atom. The molecule has 0 aliphatic heterocycles. The maximum atomic E-state index is 13.6. The third-order valence-corrected chi connectivity index (χ3v) is 2.90. The molecule has 0 unspecified atom stereocenters. The van der Waals surface area contributed by atoms with Crippen LogP contribution in [0.15, 0.2) is 42.5 Å². The van der Waals surface area contributed by atoms with Crippen molar-refractivity contribution in [2.24, 2.45) is 0 Å². The Hall–Kier alpha value is -1.05. The van der Waals surface area contributed by atoms with E-state index in [0.29, 0.717) is 16.5 Å². The molecule has 0 saturated carbocycles. The van der Waals surface area contributed by atoms with Crippen LogP contribution in [0.4, 0.5) is 4.39 Å². The highest BCUT2D eigenvalue weighted by Gasteiger charge is 2.05.